The fraction of sp³-hybridized carbons (Fsp3) is 0.138. The molecule has 0 bridgehead atoms. The second kappa shape index (κ2) is 11.3. The van der Waals surface area contributed by atoms with E-state index in [0.29, 0.717) is 46.1 Å². The van der Waals surface area contributed by atoms with Crippen LogP contribution in [0.25, 0.3) is 10.9 Å². The Labute approximate surface area is 254 Å². The Balaban J connectivity index is 1.41. The van der Waals surface area contributed by atoms with Gasteiger partial charge in [-0.1, -0.05) is 40.2 Å². The number of halogens is 2. The molecule has 0 spiro atoms. The number of nitrogens with zero attached hydrogens (tertiary/aromatic N) is 5. The van der Waals surface area contributed by atoms with Crippen LogP contribution in [0.4, 0.5) is 34.8 Å². The van der Waals surface area contributed by atoms with E-state index in [1.54, 1.807) is 20.3 Å². The number of hydrogen-bond acceptors (Lipinski definition) is 11. The predicted octanol–water partition coefficient (Wildman–Crippen LogP) is 6.44. The van der Waals surface area contributed by atoms with Crippen molar-refractivity contribution < 1.29 is 9.47 Å². The van der Waals surface area contributed by atoms with Crippen molar-refractivity contribution in [2.75, 3.05) is 36.3 Å². The largest absolute Gasteiger partial charge is 0.493 e. The van der Waals surface area contributed by atoms with Gasteiger partial charge in [0.15, 0.2) is 23.1 Å². The molecule has 1 atom stereocenters. The highest BCUT2D eigenvalue weighted by Gasteiger charge is 2.24. The molecule has 3 aromatic carbocycles. The van der Waals surface area contributed by atoms with Crippen LogP contribution in [0.1, 0.15) is 23.6 Å². The number of nitrogens with one attached hydrogen (secondary N) is 2. The Bertz CT molecular complexity index is 1850. The molecule has 0 fully saturated rings. The fourth-order valence-electron chi connectivity index (χ4n) is 4.81. The minimum atomic E-state index is -0.157. The van der Waals surface area contributed by atoms with Crippen LogP contribution in [0.5, 0.6) is 11.5 Å². The number of fused-ring (bicyclic) bond motifs is 2. The molecule has 42 heavy (non-hydrogen) atoms. The van der Waals surface area contributed by atoms with Crippen LogP contribution in [-0.2, 0) is 0 Å². The zero-order chi connectivity index (χ0) is 29.4. The van der Waals surface area contributed by atoms with E-state index in [-0.39, 0.29) is 23.1 Å². The van der Waals surface area contributed by atoms with E-state index in [1.807, 2.05) is 54.6 Å². The molecule has 0 amide bonds. The zero-order valence-electron chi connectivity index (χ0n) is 22.5. The maximum absolute atomic E-state index is 6.29. The Morgan fingerprint density at radius 1 is 0.952 bits per heavy atom. The van der Waals surface area contributed by atoms with Gasteiger partial charge in [-0.2, -0.15) is 15.0 Å². The van der Waals surface area contributed by atoms with Gasteiger partial charge in [-0.3, -0.25) is 0 Å². The van der Waals surface area contributed by atoms with E-state index in [2.05, 4.69) is 46.5 Å². The zero-order valence-corrected chi connectivity index (χ0v) is 24.9. The monoisotopic (exact) mass is 645 g/mol. The smallest absolute Gasteiger partial charge is 0.224 e. The van der Waals surface area contributed by atoms with E-state index in [4.69, 9.17) is 37.5 Å². The summed E-state index contributed by atoms with van der Waals surface area (Å²) in [5.74, 6) is 2.34. The van der Waals surface area contributed by atoms with E-state index in [1.165, 1.54) is 0 Å². The molecule has 1 aliphatic rings. The second-order valence-electron chi connectivity index (χ2n) is 9.45. The van der Waals surface area contributed by atoms with Crippen molar-refractivity contribution in [1.29, 1.82) is 0 Å². The molecule has 13 heteroatoms. The topological polar surface area (TPSA) is 158 Å². The molecule has 0 radical (unpaired) electrons. The molecule has 212 valence electrons. The lowest BCUT2D eigenvalue weighted by atomic mass is 9.97. The predicted molar refractivity (Wildman–Crippen MR) is 170 cm³/mol. The van der Waals surface area contributed by atoms with Gasteiger partial charge in [0.2, 0.25) is 11.2 Å². The first-order valence-electron chi connectivity index (χ1n) is 12.8. The van der Waals surface area contributed by atoms with Gasteiger partial charge in [-0.05, 0) is 53.1 Å². The van der Waals surface area contributed by atoms with Gasteiger partial charge in [0.05, 0.1) is 31.5 Å². The van der Waals surface area contributed by atoms with Crippen LogP contribution in [0.15, 0.2) is 70.1 Å². The van der Waals surface area contributed by atoms with Gasteiger partial charge >= 0.3 is 0 Å². The SMILES string of the molecule is COc1cc2nc(Cl)nc(Nc3cccc(C4=Nc5c(N)nc(N)nc5NC(c5ccc(Br)cc5)C4)c3)c2cc1OC. The number of nitrogen functional groups attached to an aromatic ring is 2. The molecule has 2 aromatic heterocycles. The number of rotatable bonds is 6. The number of aromatic nitrogens is 4. The Hall–Kier alpha value is -4.68. The summed E-state index contributed by atoms with van der Waals surface area (Å²) in [5.41, 5.74) is 16.7. The highest BCUT2D eigenvalue weighted by atomic mass is 79.9. The number of methoxy groups -OCH3 is 2. The van der Waals surface area contributed by atoms with E-state index >= 15 is 0 Å². The van der Waals surface area contributed by atoms with Crippen molar-refractivity contribution in [3.05, 3.63) is 81.5 Å². The van der Waals surface area contributed by atoms with Crippen molar-refractivity contribution in [3.63, 3.8) is 0 Å². The number of nitrogens with two attached hydrogens (primary N) is 2. The van der Waals surface area contributed by atoms with Crippen molar-refractivity contribution >= 4 is 78.9 Å². The maximum Gasteiger partial charge on any atom is 0.224 e. The highest BCUT2D eigenvalue weighted by molar-refractivity contribution is 9.10. The summed E-state index contributed by atoms with van der Waals surface area (Å²) in [5, 5.41) is 7.66. The van der Waals surface area contributed by atoms with Crippen molar-refractivity contribution in [1.82, 2.24) is 19.9 Å². The molecule has 3 heterocycles. The summed E-state index contributed by atoms with van der Waals surface area (Å²) < 4.78 is 11.9. The van der Waals surface area contributed by atoms with Crippen LogP contribution in [0.2, 0.25) is 5.28 Å². The fourth-order valence-corrected chi connectivity index (χ4v) is 5.25. The van der Waals surface area contributed by atoms with E-state index < -0.39 is 0 Å². The van der Waals surface area contributed by atoms with E-state index in [0.717, 1.165) is 27.0 Å². The normalized spacial score (nSPS) is 14.4. The second-order valence-corrected chi connectivity index (χ2v) is 10.7. The van der Waals surface area contributed by atoms with Gasteiger partial charge in [-0.15, -0.1) is 0 Å². The highest BCUT2D eigenvalue weighted by Crippen LogP contribution is 2.39. The maximum atomic E-state index is 6.29. The van der Waals surface area contributed by atoms with Gasteiger partial charge in [0.25, 0.3) is 0 Å². The summed E-state index contributed by atoms with van der Waals surface area (Å²) >= 11 is 9.81. The molecule has 1 aliphatic heterocycles. The molecule has 6 rings (SSSR count). The minimum absolute atomic E-state index is 0.0724. The summed E-state index contributed by atoms with van der Waals surface area (Å²) in [6, 6.07) is 19.3. The van der Waals surface area contributed by atoms with Crippen molar-refractivity contribution in [3.8, 4) is 11.5 Å². The first kappa shape index (κ1) is 27.5. The minimum Gasteiger partial charge on any atom is -0.493 e. The molecule has 6 N–H and O–H groups in total. The lowest BCUT2D eigenvalue weighted by molar-refractivity contribution is 0.356. The van der Waals surface area contributed by atoms with Crippen LogP contribution >= 0.6 is 27.5 Å². The first-order valence-corrected chi connectivity index (χ1v) is 14.0. The number of hydrogen-bond donors (Lipinski definition) is 4. The Morgan fingerprint density at radius 3 is 2.48 bits per heavy atom. The summed E-state index contributed by atoms with van der Waals surface area (Å²) in [7, 11) is 3.14. The third-order valence-corrected chi connectivity index (χ3v) is 7.49. The molecular formula is C29H25BrClN9O2. The van der Waals surface area contributed by atoms with Crippen LogP contribution in [-0.4, -0.2) is 39.9 Å². The number of anilines is 5. The Kier molecular flexibility index (Phi) is 7.40. The molecule has 0 saturated carbocycles. The van der Waals surface area contributed by atoms with Crippen LogP contribution in [0.3, 0.4) is 0 Å². The van der Waals surface area contributed by atoms with Crippen LogP contribution < -0.4 is 31.6 Å². The van der Waals surface area contributed by atoms with Gasteiger partial charge in [0, 0.05) is 28.0 Å². The van der Waals surface area contributed by atoms with Crippen molar-refractivity contribution in [2.45, 2.75) is 12.5 Å². The standard InChI is InChI=1S/C29H25BrClN9O2/c1-41-22-11-18-21(13-23(22)42-2)37-28(31)39-26(18)34-17-5-3-4-15(10-17)20-12-19(14-6-8-16(30)9-7-14)36-27-24(35-20)25(32)38-29(33)40-27/h3-11,13,19H,12H2,1-2H3,(H,34,37,39)(H5,32,33,36,38,40). The Morgan fingerprint density at radius 2 is 1.71 bits per heavy atom. The molecule has 5 aromatic rings. The average molecular weight is 647 g/mol. The number of aliphatic imine (C=N–C) groups is 1. The third kappa shape index (κ3) is 5.46. The number of benzene rings is 3. The lowest BCUT2D eigenvalue weighted by Gasteiger charge is -2.19. The summed E-state index contributed by atoms with van der Waals surface area (Å²) in [6.45, 7) is 0. The summed E-state index contributed by atoms with van der Waals surface area (Å²) in [6.07, 6.45) is 0.542. The molecule has 0 aliphatic carbocycles. The number of ether oxygens (including phenoxy) is 2. The molecule has 1 unspecified atom stereocenters. The quantitative estimate of drug-likeness (QED) is 0.151. The first-order chi connectivity index (χ1) is 20.3. The molecule has 0 saturated heterocycles. The molecular weight excluding hydrogens is 622 g/mol. The van der Waals surface area contributed by atoms with Gasteiger partial charge in [-0.25, -0.2) is 9.98 Å². The van der Waals surface area contributed by atoms with Gasteiger partial charge < -0.3 is 31.6 Å². The van der Waals surface area contributed by atoms with Crippen LogP contribution in [0, 0.1) is 0 Å². The van der Waals surface area contributed by atoms with Crippen molar-refractivity contribution in [2.24, 2.45) is 4.99 Å². The van der Waals surface area contributed by atoms with E-state index in [9.17, 15) is 0 Å². The van der Waals surface area contributed by atoms with Gasteiger partial charge in [0.1, 0.15) is 11.5 Å². The third-order valence-electron chi connectivity index (χ3n) is 6.79. The summed E-state index contributed by atoms with van der Waals surface area (Å²) in [4.78, 5) is 22.3. The average Bonchev–Trinajstić information content (AvgIpc) is 3.17. The lowest BCUT2D eigenvalue weighted by Crippen LogP contribution is -2.15. The molecule has 11 nitrogen and oxygen atoms in total.